The molecule has 286 valence electrons. The summed E-state index contributed by atoms with van der Waals surface area (Å²) in [5.74, 6) is -0.675. The number of guanidine groups is 1. The third-order valence-electron chi connectivity index (χ3n) is 10.0. The first-order valence-corrected chi connectivity index (χ1v) is 18.4. The van der Waals surface area contributed by atoms with E-state index >= 15 is 0 Å². The highest BCUT2D eigenvalue weighted by Gasteiger charge is 2.64. The van der Waals surface area contributed by atoms with Crippen molar-refractivity contribution in [2.45, 2.75) is 130 Å². The van der Waals surface area contributed by atoms with Gasteiger partial charge in [0.05, 0.1) is 5.60 Å². The fraction of sp³-hybridized carbons (Fsp3) is 0.575. The second-order valence-electron chi connectivity index (χ2n) is 16.0. The van der Waals surface area contributed by atoms with Gasteiger partial charge in [-0.1, -0.05) is 44.5 Å². The SMILES string of the molecule is CC.Cc1c(CC23CN(CCCCCN(C(=O)OC(C)(C)C)/C(N)=N/C(=O)OC(C)(C)C)C(Cc4ccc(O)c(O)c42)C3(C)O)[nH]c2ccccc12. The van der Waals surface area contributed by atoms with Crippen LogP contribution in [-0.2, 0) is 27.7 Å². The number of aromatic amines is 1. The van der Waals surface area contributed by atoms with Gasteiger partial charge in [0.25, 0.3) is 0 Å². The molecule has 2 aromatic carbocycles. The van der Waals surface area contributed by atoms with Gasteiger partial charge in [-0.3, -0.25) is 4.90 Å². The number of nitrogens with one attached hydrogen (secondary N) is 1. The number of aromatic hydroxyl groups is 2. The highest BCUT2D eigenvalue weighted by atomic mass is 16.6. The van der Waals surface area contributed by atoms with E-state index in [-0.39, 0.29) is 30.0 Å². The average Bonchev–Trinajstić information content (AvgIpc) is 3.38. The van der Waals surface area contributed by atoms with Crippen molar-refractivity contribution in [3.05, 3.63) is 58.8 Å². The lowest BCUT2D eigenvalue weighted by Crippen LogP contribution is -2.57. The van der Waals surface area contributed by atoms with Crippen LogP contribution in [0.3, 0.4) is 0 Å². The van der Waals surface area contributed by atoms with Gasteiger partial charge in [-0.15, -0.1) is 4.99 Å². The van der Waals surface area contributed by atoms with Crippen molar-refractivity contribution in [3.63, 3.8) is 0 Å². The second kappa shape index (κ2) is 15.4. The molecule has 3 aromatic rings. The van der Waals surface area contributed by atoms with Gasteiger partial charge in [0, 0.05) is 53.1 Å². The zero-order valence-corrected chi connectivity index (χ0v) is 32.6. The van der Waals surface area contributed by atoms with Gasteiger partial charge in [-0.2, -0.15) is 0 Å². The molecule has 5 rings (SSSR count). The lowest BCUT2D eigenvalue weighted by molar-refractivity contribution is -0.0326. The minimum absolute atomic E-state index is 0.176. The van der Waals surface area contributed by atoms with E-state index in [4.69, 9.17) is 15.2 Å². The summed E-state index contributed by atoms with van der Waals surface area (Å²) in [6.45, 7) is 19.6. The number of nitrogens with zero attached hydrogens (tertiary/aromatic N) is 3. The monoisotopic (exact) mass is 721 g/mol. The van der Waals surface area contributed by atoms with E-state index in [1.54, 1.807) is 41.5 Å². The van der Waals surface area contributed by atoms with E-state index < -0.39 is 34.4 Å². The maximum absolute atomic E-state index is 13.1. The number of likely N-dealkylation sites (tertiary alicyclic amines) is 1. The topological polar surface area (TPSA) is 174 Å². The Bertz CT molecular complexity index is 1780. The number of carbonyl (C=O) groups is 2. The number of H-pyrrole nitrogens is 1. The third-order valence-corrected chi connectivity index (χ3v) is 10.0. The van der Waals surface area contributed by atoms with Crippen molar-refractivity contribution < 1.29 is 34.4 Å². The Morgan fingerprint density at radius 1 is 1.02 bits per heavy atom. The Morgan fingerprint density at radius 2 is 1.67 bits per heavy atom. The summed E-state index contributed by atoms with van der Waals surface area (Å²) in [7, 11) is 0. The molecule has 3 unspecified atom stereocenters. The standard InChI is InChI=1S/C38H53N5O7.C2H6/c1-23-25-14-10-11-15-26(25)40-27(23)21-38-22-42(29(37(38,8)48)20-24-16-17-28(44)31(45)30(24)38)18-12-9-13-19-43(34(47)50-36(5,6)7)32(39)41-33(46)49-35(2,3)4;1-2/h10-11,14-17,29,40,44-45,48H,9,12-13,18-22H2,1-8H3,(H2,39,41,46);1-2H3. The molecule has 1 saturated heterocycles. The number of phenols is 2. The number of aliphatic imine (C=N–C) groups is 1. The molecule has 0 saturated carbocycles. The minimum atomic E-state index is -1.23. The predicted molar refractivity (Wildman–Crippen MR) is 204 cm³/mol. The summed E-state index contributed by atoms with van der Waals surface area (Å²) >= 11 is 0. The zero-order valence-electron chi connectivity index (χ0n) is 32.6. The van der Waals surface area contributed by atoms with E-state index in [0.29, 0.717) is 44.3 Å². The van der Waals surface area contributed by atoms with Gasteiger partial charge >= 0.3 is 12.2 Å². The number of rotatable bonds is 8. The molecule has 1 aromatic heterocycles. The zero-order chi connectivity index (χ0) is 38.8. The maximum atomic E-state index is 13.1. The molecule has 0 radical (unpaired) electrons. The number of phenolic OH excluding ortho intramolecular Hbond substituents is 2. The fourth-order valence-electron chi connectivity index (χ4n) is 7.68. The molecule has 1 fully saturated rings. The van der Waals surface area contributed by atoms with Crippen molar-refractivity contribution in [1.82, 2.24) is 14.8 Å². The lowest BCUT2D eigenvalue weighted by Gasteiger charge is -2.47. The number of aliphatic hydroxyl groups is 1. The van der Waals surface area contributed by atoms with E-state index in [0.717, 1.165) is 39.0 Å². The van der Waals surface area contributed by atoms with Crippen molar-refractivity contribution in [2.75, 3.05) is 19.6 Å². The molecular weight excluding hydrogens is 662 g/mol. The first kappa shape index (κ1) is 40.5. The molecule has 2 heterocycles. The molecule has 2 bridgehead atoms. The van der Waals surface area contributed by atoms with Crippen LogP contribution in [0.15, 0.2) is 41.4 Å². The summed E-state index contributed by atoms with van der Waals surface area (Å²) < 4.78 is 10.8. The molecule has 1 aliphatic carbocycles. The van der Waals surface area contributed by atoms with Crippen molar-refractivity contribution in [3.8, 4) is 11.5 Å². The number of benzene rings is 2. The Kier molecular flexibility index (Phi) is 12.0. The van der Waals surface area contributed by atoms with Crippen LogP contribution in [-0.4, -0.2) is 90.7 Å². The lowest BCUT2D eigenvalue weighted by atomic mass is 9.59. The number of ether oxygens (including phenoxy) is 2. The van der Waals surface area contributed by atoms with Crippen LogP contribution in [0.5, 0.6) is 11.5 Å². The van der Waals surface area contributed by atoms with Crippen LogP contribution in [0, 0.1) is 6.92 Å². The van der Waals surface area contributed by atoms with Crippen LogP contribution in [0.4, 0.5) is 9.59 Å². The first-order valence-electron chi connectivity index (χ1n) is 18.4. The van der Waals surface area contributed by atoms with Crippen molar-refractivity contribution >= 4 is 29.0 Å². The molecule has 12 heteroatoms. The van der Waals surface area contributed by atoms with Crippen LogP contribution in [0.1, 0.15) is 104 Å². The van der Waals surface area contributed by atoms with E-state index in [9.17, 15) is 24.9 Å². The molecule has 0 spiro atoms. The molecule has 52 heavy (non-hydrogen) atoms. The van der Waals surface area contributed by atoms with Gasteiger partial charge in [-0.05, 0) is 104 Å². The van der Waals surface area contributed by atoms with Crippen LogP contribution >= 0.6 is 0 Å². The van der Waals surface area contributed by atoms with E-state index in [1.165, 1.54) is 6.07 Å². The number of para-hydroxylation sites is 1. The smallest absolute Gasteiger partial charge is 0.437 e. The molecule has 2 aliphatic rings. The number of unbranched alkanes of at least 4 members (excludes halogenated alkanes) is 2. The number of fused-ring (bicyclic) bond motifs is 5. The normalized spacial score (nSPS) is 21.7. The number of amides is 2. The Labute approximate surface area is 308 Å². The van der Waals surface area contributed by atoms with Crippen LogP contribution in [0.2, 0.25) is 0 Å². The highest BCUT2D eigenvalue weighted by molar-refractivity contribution is 5.98. The molecule has 6 N–H and O–H groups in total. The fourth-order valence-corrected chi connectivity index (χ4v) is 7.68. The molecule has 12 nitrogen and oxygen atoms in total. The van der Waals surface area contributed by atoms with E-state index in [2.05, 4.69) is 27.9 Å². The number of carbonyl (C=O) groups excluding carboxylic acids is 2. The number of nitrogens with two attached hydrogens (primary N) is 1. The second-order valence-corrected chi connectivity index (χ2v) is 16.0. The largest absolute Gasteiger partial charge is 0.504 e. The van der Waals surface area contributed by atoms with Crippen molar-refractivity contribution in [1.29, 1.82) is 0 Å². The molecule has 2 amide bonds. The summed E-state index contributed by atoms with van der Waals surface area (Å²) in [6.07, 6.45) is 1.36. The number of aryl methyl sites for hydroxylation is 1. The Morgan fingerprint density at radius 3 is 2.31 bits per heavy atom. The highest BCUT2D eigenvalue weighted by Crippen LogP contribution is 2.57. The number of aromatic nitrogens is 1. The molecule has 1 aliphatic heterocycles. The number of hydrogen-bond acceptors (Lipinski definition) is 8. The van der Waals surface area contributed by atoms with Gasteiger partial charge in [0.2, 0.25) is 5.96 Å². The Hall–Kier alpha value is -4.29. The minimum Gasteiger partial charge on any atom is -0.504 e. The van der Waals surface area contributed by atoms with Crippen molar-refractivity contribution in [2.24, 2.45) is 10.7 Å². The molecular formula is C40H59N5O7. The summed E-state index contributed by atoms with van der Waals surface area (Å²) in [6, 6.07) is 11.2. The summed E-state index contributed by atoms with van der Waals surface area (Å²) in [5.41, 5.74) is 7.06. The third kappa shape index (κ3) is 8.33. The van der Waals surface area contributed by atoms with Gasteiger partial charge < -0.3 is 35.5 Å². The Balaban J connectivity index is 0.00000297. The maximum Gasteiger partial charge on any atom is 0.437 e. The quantitative estimate of drug-likeness (QED) is 0.0707. The molecule has 3 atom stereocenters. The number of hydrogen-bond donors (Lipinski definition) is 5. The first-order chi connectivity index (χ1) is 24.2. The van der Waals surface area contributed by atoms with E-state index in [1.807, 2.05) is 45.0 Å². The average molecular weight is 722 g/mol. The van der Waals surface area contributed by atoms with Crippen LogP contribution < -0.4 is 5.73 Å². The van der Waals surface area contributed by atoms with Gasteiger partial charge in [-0.25, -0.2) is 14.5 Å². The summed E-state index contributed by atoms with van der Waals surface area (Å²) in [4.78, 5) is 36.2. The van der Waals surface area contributed by atoms with Gasteiger partial charge in [0.15, 0.2) is 11.5 Å². The summed E-state index contributed by atoms with van der Waals surface area (Å²) in [5, 5.41) is 35.5. The van der Waals surface area contributed by atoms with Gasteiger partial charge in [0.1, 0.15) is 11.2 Å². The van der Waals surface area contributed by atoms with Crippen LogP contribution in [0.25, 0.3) is 10.9 Å². The predicted octanol–water partition coefficient (Wildman–Crippen LogP) is 7.04.